The molecule has 0 unspecified atom stereocenters. The van der Waals surface area contributed by atoms with Gasteiger partial charge in [-0.25, -0.2) is 9.69 Å². The predicted octanol–water partition coefficient (Wildman–Crippen LogP) is 6.16. The quantitative estimate of drug-likeness (QED) is 0.0976. The van der Waals surface area contributed by atoms with Crippen LogP contribution < -0.4 is 19.7 Å². The molecule has 0 atom stereocenters. The van der Waals surface area contributed by atoms with E-state index in [4.69, 9.17) is 9.47 Å². The maximum Gasteiger partial charge on any atom is 0.335 e. The van der Waals surface area contributed by atoms with Crippen LogP contribution in [0.2, 0.25) is 0 Å². The van der Waals surface area contributed by atoms with Crippen molar-refractivity contribution in [1.82, 2.24) is 5.32 Å². The molecule has 0 spiro atoms. The molecule has 1 fully saturated rings. The minimum absolute atomic E-state index is 0.0890. The summed E-state index contributed by atoms with van der Waals surface area (Å²) in [7, 11) is 0. The highest BCUT2D eigenvalue weighted by atomic mass is 79.9. The molecule has 202 valence electrons. The number of benzene rings is 2. The first-order valence-corrected chi connectivity index (χ1v) is 13.3. The summed E-state index contributed by atoms with van der Waals surface area (Å²) in [6.07, 6.45) is 8.15. The molecule has 10 nitrogen and oxygen atoms in total. The topological polar surface area (TPSA) is 128 Å². The van der Waals surface area contributed by atoms with Crippen molar-refractivity contribution in [3.05, 3.63) is 62.1 Å². The molecule has 0 radical (unpaired) electrons. The fraction of sp³-hybridized carbons (Fsp3) is 0.370. The molecule has 38 heavy (non-hydrogen) atoms. The Morgan fingerprint density at radius 3 is 2.34 bits per heavy atom. The first kappa shape index (κ1) is 28.8. The molecule has 0 bridgehead atoms. The number of imide groups is 2. The third-order valence-electron chi connectivity index (χ3n) is 5.81. The normalized spacial score (nSPS) is 14.6. The zero-order valence-electron chi connectivity index (χ0n) is 21.3. The summed E-state index contributed by atoms with van der Waals surface area (Å²) in [5.74, 6) is -0.725. The van der Waals surface area contributed by atoms with Gasteiger partial charge in [-0.05, 0) is 65.2 Å². The lowest BCUT2D eigenvalue weighted by Gasteiger charge is -2.26. The lowest BCUT2D eigenvalue weighted by atomic mass is 10.1. The number of nitrogens with one attached hydrogen (secondary N) is 1. The number of hydrogen-bond donors (Lipinski definition) is 1. The van der Waals surface area contributed by atoms with Crippen molar-refractivity contribution in [2.75, 3.05) is 18.1 Å². The third-order valence-corrected chi connectivity index (χ3v) is 6.40. The average Bonchev–Trinajstić information content (AvgIpc) is 2.87. The molecule has 4 amide bonds. The average molecular weight is 588 g/mol. The Morgan fingerprint density at radius 1 is 1.00 bits per heavy atom. The molecule has 3 rings (SSSR count). The zero-order chi connectivity index (χ0) is 27.7. The summed E-state index contributed by atoms with van der Waals surface area (Å²) in [5.41, 5.74) is 0.0884. The molecule has 11 heteroatoms. The van der Waals surface area contributed by atoms with Crippen molar-refractivity contribution in [3.8, 4) is 11.5 Å². The maximum atomic E-state index is 13.2. The van der Waals surface area contributed by atoms with Crippen LogP contribution in [0.3, 0.4) is 0 Å². The fourth-order valence-electron chi connectivity index (χ4n) is 3.91. The Hall–Kier alpha value is -3.73. The summed E-state index contributed by atoms with van der Waals surface area (Å²) in [6, 6.07) is 7.28. The van der Waals surface area contributed by atoms with Crippen molar-refractivity contribution >= 4 is 51.2 Å². The molecule has 0 aromatic heterocycles. The smallest absolute Gasteiger partial charge is 0.335 e. The van der Waals surface area contributed by atoms with Crippen LogP contribution in [0.1, 0.15) is 57.9 Å². The number of halogens is 1. The van der Waals surface area contributed by atoms with Crippen molar-refractivity contribution < 1.29 is 28.8 Å². The van der Waals surface area contributed by atoms with E-state index in [0.717, 1.165) is 17.7 Å². The number of anilines is 1. The van der Waals surface area contributed by atoms with Crippen molar-refractivity contribution in [2.45, 2.75) is 52.4 Å². The van der Waals surface area contributed by atoms with Gasteiger partial charge in [0.15, 0.2) is 11.5 Å². The highest BCUT2D eigenvalue weighted by Gasteiger charge is 2.37. The van der Waals surface area contributed by atoms with Crippen LogP contribution >= 0.6 is 15.9 Å². The van der Waals surface area contributed by atoms with E-state index < -0.39 is 22.8 Å². The van der Waals surface area contributed by atoms with E-state index in [1.807, 2.05) is 6.92 Å². The number of hydrogen-bond acceptors (Lipinski definition) is 7. The van der Waals surface area contributed by atoms with Crippen molar-refractivity contribution in [3.63, 3.8) is 0 Å². The van der Waals surface area contributed by atoms with E-state index in [-0.39, 0.29) is 16.9 Å². The molecule has 1 aliphatic heterocycles. The highest BCUT2D eigenvalue weighted by Crippen LogP contribution is 2.38. The van der Waals surface area contributed by atoms with Crippen LogP contribution in [0.25, 0.3) is 6.08 Å². The molecule has 1 N–H and O–H groups in total. The molecule has 2 aromatic carbocycles. The van der Waals surface area contributed by atoms with Crippen LogP contribution in [0, 0.1) is 10.1 Å². The minimum Gasteiger partial charge on any atom is -0.490 e. The standard InChI is InChI=1S/C27H30BrN3O7/c1-3-5-6-7-8-9-14-38-24-22(28)16-18(17-23(24)37-4-2)15-21-25(32)29-27(34)30(26(21)33)19-10-12-20(13-11-19)31(35)36/h10-13,15-17H,3-9,14H2,1-2H3,(H,29,32,34)/b21-15-. The first-order chi connectivity index (χ1) is 18.3. The second-order valence-corrected chi connectivity index (χ2v) is 9.46. The van der Waals surface area contributed by atoms with Gasteiger partial charge in [-0.15, -0.1) is 0 Å². The van der Waals surface area contributed by atoms with Crippen LogP contribution in [-0.2, 0) is 9.59 Å². The van der Waals surface area contributed by atoms with Gasteiger partial charge in [0.25, 0.3) is 17.5 Å². The Labute approximate surface area is 229 Å². The molecular weight excluding hydrogens is 558 g/mol. The number of non-ortho nitro benzene ring substituents is 1. The van der Waals surface area contributed by atoms with Gasteiger partial charge in [-0.3, -0.25) is 25.0 Å². The second-order valence-electron chi connectivity index (χ2n) is 8.61. The lowest BCUT2D eigenvalue weighted by Crippen LogP contribution is -2.54. The number of nitro benzene ring substituents is 1. The molecule has 0 aliphatic carbocycles. The Balaban J connectivity index is 1.82. The minimum atomic E-state index is -0.944. The summed E-state index contributed by atoms with van der Waals surface area (Å²) in [6.45, 7) is 4.92. The lowest BCUT2D eigenvalue weighted by molar-refractivity contribution is -0.384. The molecule has 1 aliphatic rings. The Morgan fingerprint density at radius 2 is 1.68 bits per heavy atom. The summed E-state index contributed by atoms with van der Waals surface area (Å²) in [4.78, 5) is 49.3. The second kappa shape index (κ2) is 13.7. The van der Waals surface area contributed by atoms with Gasteiger partial charge < -0.3 is 9.47 Å². The number of unbranched alkanes of at least 4 members (excludes halogenated alkanes) is 5. The molecule has 1 heterocycles. The van der Waals surface area contributed by atoms with E-state index >= 15 is 0 Å². The van der Waals surface area contributed by atoms with Gasteiger partial charge in [0.2, 0.25) is 0 Å². The Bertz CT molecular complexity index is 1230. The highest BCUT2D eigenvalue weighted by molar-refractivity contribution is 9.10. The van der Waals surface area contributed by atoms with Crippen molar-refractivity contribution in [2.24, 2.45) is 0 Å². The van der Waals surface area contributed by atoms with Gasteiger partial charge in [-0.2, -0.15) is 0 Å². The molecule has 1 saturated heterocycles. The monoisotopic (exact) mass is 587 g/mol. The number of urea groups is 1. The third kappa shape index (κ3) is 7.18. The van der Waals surface area contributed by atoms with Gasteiger partial charge in [0, 0.05) is 12.1 Å². The maximum absolute atomic E-state index is 13.2. The number of barbiturate groups is 1. The molecule has 2 aromatic rings. The SMILES string of the molecule is CCCCCCCCOc1c(Br)cc(/C=C2/C(=O)NC(=O)N(c3ccc([N+](=O)[O-])cc3)C2=O)cc1OCC. The van der Waals surface area contributed by atoms with Gasteiger partial charge in [0.1, 0.15) is 5.57 Å². The molecule has 0 saturated carbocycles. The first-order valence-electron chi connectivity index (χ1n) is 12.5. The zero-order valence-corrected chi connectivity index (χ0v) is 22.9. The summed E-state index contributed by atoms with van der Waals surface area (Å²) < 4.78 is 12.3. The number of nitro groups is 1. The number of carbonyl (C=O) groups is 3. The van der Waals surface area contributed by atoms with Crippen LogP contribution in [0.5, 0.6) is 11.5 Å². The van der Waals surface area contributed by atoms with E-state index in [2.05, 4.69) is 28.2 Å². The number of carbonyl (C=O) groups excluding carboxylic acids is 3. The largest absolute Gasteiger partial charge is 0.490 e. The van der Waals surface area contributed by atoms with Gasteiger partial charge >= 0.3 is 6.03 Å². The van der Waals surface area contributed by atoms with Crippen LogP contribution in [0.4, 0.5) is 16.2 Å². The van der Waals surface area contributed by atoms with Gasteiger partial charge in [0.05, 0.1) is 28.3 Å². The van der Waals surface area contributed by atoms with Crippen molar-refractivity contribution in [1.29, 1.82) is 0 Å². The van der Waals surface area contributed by atoms with E-state index in [1.165, 1.54) is 56.0 Å². The summed E-state index contributed by atoms with van der Waals surface area (Å²) >= 11 is 3.50. The van der Waals surface area contributed by atoms with E-state index in [0.29, 0.717) is 34.7 Å². The number of amides is 4. The summed E-state index contributed by atoms with van der Waals surface area (Å²) in [5, 5.41) is 13.1. The fourth-order valence-corrected chi connectivity index (χ4v) is 4.49. The molecular formula is C27H30BrN3O7. The number of nitrogens with zero attached hydrogens (tertiary/aromatic N) is 2. The van der Waals surface area contributed by atoms with E-state index in [9.17, 15) is 24.5 Å². The number of ether oxygens (including phenoxy) is 2. The number of rotatable bonds is 13. The van der Waals surface area contributed by atoms with Crippen LogP contribution in [0.15, 0.2) is 46.4 Å². The van der Waals surface area contributed by atoms with E-state index in [1.54, 1.807) is 12.1 Å². The Kier molecular flexibility index (Phi) is 10.4. The van der Waals surface area contributed by atoms with Crippen LogP contribution in [-0.4, -0.2) is 36.0 Å². The van der Waals surface area contributed by atoms with Gasteiger partial charge in [-0.1, -0.05) is 39.0 Å². The predicted molar refractivity (Wildman–Crippen MR) is 146 cm³/mol.